The molecule has 0 bridgehead atoms. The second-order valence-electron chi connectivity index (χ2n) is 5.47. The van der Waals surface area contributed by atoms with Crippen LogP contribution in [0.15, 0.2) is 65.6 Å². The molecule has 5 nitrogen and oxygen atoms in total. The maximum Gasteiger partial charge on any atom is 0.261 e. The molecule has 0 aliphatic heterocycles. The molecule has 1 N–H and O–H groups in total. The lowest BCUT2D eigenvalue weighted by Crippen LogP contribution is -2.36. The molecular weight excluding hydrogens is 323 g/mol. The van der Waals surface area contributed by atoms with Gasteiger partial charge in [0.15, 0.2) is 17.7 Å². The molecule has 0 saturated carbocycles. The Labute approximate surface area is 144 Å². The predicted molar refractivity (Wildman–Crippen MR) is 90.3 cm³/mol. The molecule has 0 unspecified atom stereocenters. The fraction of sp³-hybridized carbons (Fsp3) is 0.158. The van der Waals surface area contributed by atoms with Crippen LogP contribution >= 0.6 is 0 Å². The number of rotatable bonds is 6. The number of ether oxygens (including phenoxy) is 1. The molecule has 1 atom stereocenters. The smallest absolute Gasteiger partial charge is 0.261 e. The molecule has 0 saturated heterocycles. The Hall–Kier alpha value is -3.15. The number of amides is 1. The number of pyridine rings is 1. The quantitative estimate of drug-likeness (QED) is 0.745. The highest BCUT2D eigenvalue weighted by molar-refractivity contribution is 5.80. The Bertz CT molecular complexity index is 832. The van der Waals surface area contributed by atoms with Crippen molar-refractivity contribution in [2.75, 3.05) is 0 Å². The number of halogens is 1. The number of benzene rings is 1. The minimum absolute atomic E-state index is 0.0521. The van der Waals surface area contributed by atoms with E-state index < -0.39 is 11.9 Å². The highest BCUT2D eigenvalue weighted by Crippen LogP contribution is 2.18. The lowest BCUT2D eigenvalue weighted by Gasteiger charge is -2.15. The zero-order valence-electron chi connectivity index (χ0n) is 13.6. The van der Waals surface area contributed by atoms with Gasteiger partial charge in [0.2, 0.25) is 0 Å². The number of carbonyl (C=O) groups excluding carboxylic acids is 1. The maximum absolute atomic E-state index is 13.5. The third kappa shape index (κ3) is 4.23. The second-order valence-corrected chi connectivity index (χ2v) is 5.47. The van der Waals surface area contributed by atoms with Gasteiger partial charge in [-0.2, -0.15) is 0 Å². The average molecular weight is 340 g/mol. The van der Waals surface area contributed by atoms with E-state index >= 15 is 0 Å². The lowest BCUT2D eigenvalue weighted by molar-refractivity contribution is -0.127. The summed E-state index contributed by atoms with van der Waals surface area (Å²) in [4.78, 5) is 16.4. The van der Waals surface area contributed by atoms with Gasteiger partial charge in [-0.15, -0.1) is 0 Å². The molecule has 0 radical (unpaired) electrons. The topological polar surface area (TPSA) is 64.4 Å². The van der Waals surface area contributed by atoms with Crippen LogP contribution in [0.5, 0.6) is 5.75 Å². The van der Waals surface area contributed by atoms with E-state index in [0.29, 0.717) is 6.54 Å². The zero-order valence-corrected chi connectivity index (χ0v) is 13.6. The summed E-state index contributed by atoms with van der Waals surface area (Å²) >= 11 is 0. The zero-order chi connectivity index (χ0) is 17.6. The van der Waals surface area contributed by atoms with Gasteiger partial charge in [-0.1, -0.05) is 18.2 Å². The van der Waals surface area contributed by atoms with Crippen molar-refractivity contribution in [1.29, 1.82) is 0 Å². The first-order valence-corrected chi connectivity index (χ1v) is 7.80. The number of carbonyl (C=O) groups is 1. The molecule has 6 heteroatoms. The Kier molecular flexibility index (Phi) is 5.09. The van der Waals surface area contributed by atoms with Gasteiger partial charge < -0.3 is 14.5 Å². The summed E-state index contributed by atoms with van der Waals surface area (Å²) in [5.41, 5.74) is 2.53. The van der Waals surface area contributed by atoms with E-state index in [1.54, 1.807) is 37.8 Å². The summed E-state index contributed by atoms with van der Waals surface area (Å²) in [5.74, 6) is -0.778. The summed E-state index contributed by atoms with van der Waals surface area (Å²) in [6, 6.07) is 11.5. The fourth-order valence-electron chi connectivity index (χ4n) is 2.23. The summed E-state index contributed by atoms with van der Waals surface area (Å²) in [5, 5.41) is 2.75. The van der Waals surface area contributed by atoms with Crippen LogP contribution in [0.2, 0.25) is 0 Å². The first-order chi connectivity index (χ1) is 12.1. The molecule has 2 aromatic heterocycles. The highest BCUT2D eigenvalue weighted by atomic mass is 19.1. The Morgan fingerprint density at radius 2 is 2.12 bits per heavy atom. The Morgan fingerprint density at radius 3 is 2.80 bits per heavy atom. The van der Waals surface area contributed by atoms with Crippen LogP contribution in [0.4, 0.5) is 4.39 Å². The predicted octanol–water partition coefficient (Wildman–Crippen LogP) is 3.56. The van der Waals surface area contributed by atoms with Gasteiger partial charge in [-0.3, -0.25) is 9.78 Å². The van der Waals surface area contributed by atoms with Crippen LogP contribution in [-0.2, 0) is 11.3 Å². The molecule has 3 aromatic rings. The number of para-hydroxylation sites is 1. The van der Waals surface area contributed by atoms with Gasteiger partial charge in [0.05, 0.1) is 18.2 Å². The summed E-state index contributed by atoms with van der Waals surface area (Å²) < 4.78 is 23.9. The summed E-state index contributed by atoms with van der Waals surface area (Å²) in [7, 11) is 0. The number of aromatic nitrogens is 1. The minimum Gasteiger partial charge on any atom is -0.478 e. The van der Waals surface area contributed by atoms with Crippen molar-refractivity contribution in [2.24, 2.45) is 0 Å². The van der Waals surface area contributed by atoms with Crippen LogP contribution in [-0.4, -0.2) is 17.0 Å². The summed E-state index contributed by atoms with van der Waals surface area (Å²) in [6.45, 7) is 1.88. The van der Waals surface area contributed by atoms with E-state index in [2.05, 4.69) is 10.3 Å². The van der Waals surface area contributed by atoms with Crippen molar-refractivity contribution in [2.45, 2.75) is 19.6 Å². The first-order valence-electron chi connectivity index (χ1n) is 7.80. The SMILES string of the molecule is C[C@H](Oc1ccccc1F)C(=O)NCc1ccc(-c2ccoc2)nc1. The van der Waals surface area contributed by atoms with E-state index in [9.17, 15) is 9.18 Å². The van der Waals surface area contributed by atoms with Crippen LogP contribution in [0.1, 0.15) is 12.5 Å². The molecule has 0 aliphatic carbocycles. The van der Waals surface area contributed by atoms with Gasteiger partial charge in [-0.25, -0.2) is 4.39 Å². The van der Waals surface area contributed by atoms with Crippen LogP contribution in [0.3, 0.4) is 0 Å². The van der Waals surface area contributed by atoms with E-state index in [4.69, 9.17) is 9.15 Å². The highest BCUT2D eigenvalue weighted by Gasteiger charge is 2.16. The van der Waals surface area contributed by atoms with Gasteiger partial charge >= 0.3 is 0 Å². The standard InChI is InChI=1S/C19H17FN2O3/c1-13(25-18-5-3-2-4-16(18)20)19(23)22-11-14-6-7-17(21-10-14)15-8-9-24-12-15/h2-10,12-13H,11H2,1H3,(H,22,23)/t13-/m0/s1. The second kappa shape index (κ2) is 7.61. The van der Waals surface area contributed by atoms with Crippen LogP contribution in [0, 0.1) is 5.82 Å². The van der Waals surface area contributed by atoms with Crippen LogP contribution in [0.25, 0.3) is 11.3 Å². The van der Waals surface area contributed by atoms with E-state index in [-0.39, 0.29) is 11.7 Å². The third-order valence-electron chi connectivity index (χ3n) is 3.62. The number of hydrogen-bond donors (Lipinski definition) is 1. The Balaban J connectivity index is 1.54. The van der Waals surface area contributed by atoms with Gasteiger partial charge in [0.25, 0.3) is 5.91 Å². The molecule has 1 aromatic carbocycles. The fourth-order valence-corrected chi connectivity index (χ4v) is 2.23. The van der Waals surface area contributed by atoms with Crippen molar-refractivity contribution in [3.63, 3.8) is 0 Å². The first kappa shape index (κ1) is 16.7. The van der Waals surface area contributed by atoms with Gasteiger partial charge in [0.1, 0.15) is 0 Å². The Morgan fingerprint density at radius 1 is 1.28 bits per heavy atom. The number of hydrogen-bond acceptors (Lipinski definition) is 4. The van der Waals surface area contributed by atoms with Gasteiger partial charge in [-0.05, 0) is 36.8 Å². The minimum atomic E-state index is -0.810. The molecule has 128 valence electrons. The lowest BCUT2D eigenvalue weighted by atomic mass is 10.2. The van der Waals surface area contributed by atoms with E-state index in [0.717, 1.165) is 16.8 Å². The molecule has 3 rings (SSSR count). The van der Waals surface area contributed by atoms with Crippen LogP contribution < -0.4 is 10.1 Å². The molecule has 1 amide bonds. The van der Waals surface area contributed by atoms with Crippen molar-refractivity contribution in [3.05, 3.63) is 72.6 Å². The molecule has 25 heavy (non-hydrogen) atoms. The normalized spacial score (nSPS) is 11.8. The molecular formula is C19H17FN2O3. The monoisotopic (exact) mass is 340 g/mol. The number of furan rings is 1. The molecule has 0 aliphatic rings. The van der Waals surface area contributed by atoms with Crippen molar-refractivity contribution in [1.82, 2.24) is 10.3 Å². The number of nitrogens with one attached hydrogen (secondary N) is 1. The van der Waals surface area contributed by atoms with E-state index in [1.165, 1.54) is 12.1 Å². The molecule has 0 fully saturated rings. The van der Waals surface area contributed by atoms with Gasteiger partial charge in [0, 0.05) is 18.3 Å². The number of nitrogens with zero attached hydrogens (tertiary/aromatic N) is 1. The van der Waals surface area contributed by atoms with Crippen molar-refractivity contribution >= 4 is 5.91 Å². The maximum atomic E-state index is 13.5. The summed E-state index contributed by atoms with van der Waals surface area (Å²) in [6.07, 6.45) is 4.08. The largest absolute Gasteiger partial charge is 0.478 e. The third-order valence-corrected chi connectivity index (χ3v) is 3.62. The van der Waals surface area contributed by atoms with E-state index in [1.807, 2.05) is 18.2 Å². The van der Waals surface area contributed by atoms with Crippen molar-refractivity contribution in [3.8, 4) is 17.0 Å². The average Bonchev–Trinajstić information content (AvgIpc) is 3.16. The molecule has 2 heterocycles. The molecule has 0 spiro atoms. The van der Waals surface area contributed by atoms with Crippen molar-refractivity contribution < 1.29 is 18.3 Å².